The average Bonchev–Trinajstić information content (AvgIpc) is 2.50. The van der Waals surface area contributed by atoms with Crippen LogP contribution in [0, 0.1) is 10.1 Å². The van der Waals surface area contributed by atoms with Crippen LogP contribution >= 0.6 is 0 Å². The fourth-order valence-electron chi connectivity index (χ4n) is 0.827. The van der Waals surface area contributed by atoms with E-state index in [1.165, 1.54) is 23.9 Å². The standard InChI is InChI=1S/C7H9N3O3/c1-5(6(2)11)9-4-3-7(8-9)10(12)13/h3-5H,1-2H3. The predicted octanol–water partition coefficient (Wildman–Crippen LogP) is 0.941. The van der Waals surface area contributed by atoms with Gasteiger partial charge in [-0.15, -0.1) is 0 Å². The summed E-state index contributed by atoms with van der Waals surface area (Å²) >= 11 is 0. The first kappa shape index (κ1) is 9.37. The maximum absolute atomic E-state index is 10.9. The molecule has 0 saturated carbocycles. The summed E-state index contributed by atoms with van der Waals surface area (Å²) in [6, 6.07) is 0.813. The Morgan fingerprint density at radius 1 is 1.77 bits per heavy atom. The third-order valence-electron chi connectivity index (χ3n) is 1.77. The van der Waals surface area contributed by atoms with Gasteiger partial charge in [-0.1, -0.05) is 0 Å². The van der Waals surface area contributed by atoms with Gasteiger partial charge in [0.2, 0.25) is 0 Å². The summed E-state index contributed by atoms with van der Waals surface area (Å²) < 4.78 is 1.28. The molecule has 1 rings (SSSR count). The van der Waals surface area contributed by atoms with Crippen molar-refractivity contribution in [2.24, 2.45) is 0 Å². The van der Waals surface area contributed by atoms with Gasteiger partial charge in [-0.05, 0) is 18.8 Å². The van der Waals surface area contributed by atoms with Crippen LogP contribution in [0.1, 0.15) is 19.9 Å². The molecule has 0 amide bonds. The molecule has 1 aromatic heterocycles. The number of hydrogen-bond donors (Lipinski definition) is 0. The molecule has 1 unspecified atom stereocenters. The molecule has 6 heteroatoms. The number of ketones is 1. The highest BCUT2D eigenvalue weighted by Gasteiger charge is 2.17. The largest absolute Gasteiger partial charge is 0.389 e. The van der Waals surface area contributed by atoms with Crippen LogP contribution in [0.15, 0.2) is 12.3 Å². The van der Waals surface area contributed by atoms with Gasteiger partial charge >= 0.3 is 5.82 Å². The monoisotopic (exact) mass is 183 g/mol. The molecule has 0 N–H and O–H groups in total. The van der Waals surface area contributed by atoms with Crippen LogP contribution in [-0.2, 0) is 4.79 Å². The molecule has 0 bridgehead atoms. The Kier molecular flexibility index (Phi) is 2.41. The average molecular weight is 183 g/mol. The highest BCUT2D eigenvalue weighted by atomic mass is 16.6. The van der Waals surface area contributed by atoms with Crippen LogP contribution in [0.4, 0.5) is 5.82 Å². The molecule has 0 aliphatic carbocycles. The SMILES string of the molecule is CC(=O)C(C)n1ccc([N+](=O)[O-])n1. The van der Waals surface area contributed by atoms with E-state index in [0.29, 0.717) is 0 Å². The van der Waals surface area contributed by atoms with Gasteiger partial charge in [-0.3, -0.25) is 4.79 Å². The topological polar surface area (TPSA) is 78.0 Å². The molecule has 6 nitrogen and oxygen atoms in total. The summed E-state index contributed by atoms with van der Waals surface area (Å²) in [5, 5.41) is 13.9. The second-order valence-electron chi connectivity index (χ2n) is 2.70. The number of nitro groups is 1. The first-order chi connectivity index (χ1) is 6.02. The van der Waals surface area contributed by atoms with E-state index < -0.39 is 11.0 Å². The molecule has 0 aliphatic rings. The van der Waals surface area contributed by atoms with Crippen LogP contribution in [0.3, 0.4) is 0 Å². The number of Topliss-reactive ketones (excluding diaryl/α,β-unsaturated/α-hetero) is 1. The summed E-state index contributed by atoms with van der Waals surface area (Å²) in [7, 11) is 0. The number of carbonyl (C=O) groups excluding carboxylic acids is 1. The lowest BCUT2D eigenvalue weighted by atomic mass is 10.2. The van der Waals surface area contributed by atoms with Crippen molar-refractivity contribution in [3.05, 3.63) is 22.4 Å². The minimum atomic E-state index is -0.594. The van der Waals surface area contributed by atoms with Crippen molar-refractivity contribution in [1.82, 2.24) is 9.78 Å². The van der Waals surface area contributed by atoms with Crippen molar-refractivity contribution >= 4 is 11.6 Å². The van der Waals surface area contributed by atoms with Gasteiger partial charge < -0.3 is 10.1 Å². The molecule has 0 saturated heterocycles. The van der Waals surface area contributed by atoms with Crippen molar-refractivity contribution in [2.75, 3.05) is 0 Å². The van der Waals surface area contributed by atoms with Crippen molar-refractivity contribution < 1.29 is 9.72 Å². The zero-order valence-corrected chi connectivity index (χ0v) is 7.30. The van der Waals surface area contributed by atoms with Crippen molar-refractivity contribution in [3.63, 3.8) is 0 Å². The van der Waals surface area contributed by atoms with Crippen LogP contribution in [0.2, 0.25) is 0 Å². The van der Waals surface area contributed by atoms with E-state index in [1.54, 1.807) is 6.92 Å². The fraction of sp³-hybridized carbons (Fsp3) is 0.429. The normalized spacial score (nSPS) is 12.5. The Morgan fingerprint density at radius 2 is 2.38 bits per heavy atom. The number of hydrogen-bond acceptors (Lipinski definition) is 4. The molecule has 1 atom stereocenters. The number of rotatable bonds is 3. The van der Waals surface area contributed by atoms with Crippen LogP contribution in [-0.4, -0.2) is 20.5 Å². The Labute approximate surface area is 74.3 Å². The number of carbonyl (C=O) groups is 1. The Hall–Kier alpha value is -1.72. The second kappa shape index (κ2) is 3.34. The van der Waals surface area contributed by atoms with Crippen LogP contribution in [0.25, 0.3) is 0 Å². The highest BCUT2D eigenvalue weighted by molar-refractivity contribution is 5.79. The summed E-state index contributed by atoms with van der Waals surface area (Å²) in [6.45, 7) is 3.05. The second-order valence-corrected chi connectivity index (χ2v) is 2.70. The highest BCUT2D eigenvalue weighted by Crippen LogP contribution is 2.11. The lowest BCUT2D eigenvalue weighted by Gasteiger charge is -2.01. The van der Waals surface area contributed by atoms with E-state index in [9.17, 15) is 14.9 Å². The van der Waals surface area contributed by atoms with E-state index >= 15 is 0 Å². The molecular formula is C7H9N3O3. The zero-order chi connectivity index (χ0) is 10.0. The van der Waals surface area contributed by atoms with Gasteiger partial charge in [-0.2, -0.15) is 4.68 Å². The zero-order valence-electron chi connectivity index (χ0n) is 7.30. The van der Waals surface area contributed by atoms with Gasteiger partial charge in [0.15, 0.2) is 5.78 Å². The minimum Gasteiger partial charge on any atom is -0.358 e. The third-order valence-corrected chi connectivity index (χ3v) is 1.77. The number of nitrogens with zero attached hydrogens (tertiary/aromatic N) is 3. The molecule has 0 radical (unpaired) electrons. The Morgan fingerprint density at radius 3 is 2.77 bits per heavy atom. The predicted molar refractivity (Wildman–Crippen MR) is 44.3 cm³/mol. The number of aromatic nitrogens is 2. The molecule has 1 aromatic rings. The van der Waals surface area contributed by atoms with Gasteiger partial charge in [0.25, 0.3) is 0 Å². The molecule has 0 spiro atoms. The third kappa shape index (κ3) is 1.90. The van der Waals surface area contributed by atoms with Crippen molar-refractivity contribution in [2.45, 2.75) is 19.9 Å². The Bertz CT molecular complexity index is 345. The molecule has 0 aliphatic heterocycles. The summed E-state index contributed by atoms with van der Waals surface area (Å²) in [5.41, 5.74) is 0. The van der Waals surface area contributed by atoms with Crippen LogP contribution < -0.4 is 0 Å². The first-order valence-corrected chi connectivity index (χ1v) is 3.72. The Balaban J connectivity index is 2.91. The molecule has 0 fully saturated rings. The van der Waals surface area contributed by atoms with E-state index in [2.05, 4.69) is 5.10 Å². The maximum Gasteiger partial charge on any atom is 0.389 e. The fourth-order valence-corrected chi connectivity index (χ4v) is 0.827. The lowest BCUT2D eigenvalue weighted by Crippen LogP contribution is -2.13. The smallest absolute Gasteiger partial charge is 0.358 e. The molecule has 0 aromatic carbocycles. The van der Waals surface area contributed by atoms with E-state index in [4.69, 9.17) is 0 Å². The van der Waals surface area contributed by atoms with Gasteiger partial charge in [0, 0.05) is 0 Å². The van der Waals surface area contributed by atoms with Crippen molar-refractivity contribution in [1.29, 1.82) is 0 Å². The molecule has 70 valence electrons. The van der Waals surface area contributed by atoms with Gasteiger partial charge in [-0.25, -0.2) is 0 Å². The summed E-state index contributed by atoms with van der Waals surface area (Å²) in [6.07, 6.45) is 1.42. The summed E-state index contributed by atoms with van der Waals surface area (Å²) in [4.78, 5) is 20.6. The van der Waals surface area contributed by atoms with E-state index in [-0.39, 0.29) is 11.6 Å². The van der Waals surface area contributed by atoms with Gasteiger partial charge in [0.1, 0.15) is 6.04 Å². The summed E-state index contributed by atoms with van der Waals surface area (Å²) in [5.74, 6) is -0.328. The van der Waals surface area contributed by atoms with E-state index in [0.717, 1.165) is 0 Å². The molecule has 13 heavy (non-hydrogen) atoms. The lowest BCUT2D eigenvalue weighted by molar-refractivity contribution is -0.389. The molecule has 1 heterocycles. The van der Waals surface area contributed by atoms with Gasteiger partial charge in [0.05, 0.1) is 17.4 Å². The maximum atomic E-state index is 10.9. The quantitative estimate of drug-likeness (QED) is 0.516. The van der Waals surface area contributed by atoms with Crippen LogP contribution in [0.5, 0.6) is 0 Å². The van der Waals surface area contributed by atoms with E-state index in [1.807, 2.05) is 0 Å². The molecular weight excluding hydrogens is 174 g/mol. The van der Waals surface area contributed by atoms with Crippen molar-refractivity contribution in [3.8, 4) is 0 Å². The first-order valence-electron chi connectivity index (χ1n) is 3.72. The minimum absolute atomic E-state index is 0.0852.